The third-order valence-electron chi connectivity index (χ3n) is 5.78. The summed E-state index contributed by atoms with van der Waals surface area (Å²) >= 11 is 4.41. The van der Waals surface area contributed by atoms with Crippen LogP contribution in [0.3, 0.4) is 0 Å². The zero-order valence-electron chi connectivity index (χ0n) is 21.3. The van der Waals surface area contributed by atoms with Gasteiger partial charge in [-0.1, -0.05) is 36.8 Å². The molecule has 0 aromatic carbocycles. The van der Waals surface area contributed by atoms with Crippen LogP contribution in [0.1, 0.15) is 49.0 Å². The number of thiazole rings is 1. The van der Waals surface area contributed by atoms with Crippen LogP contribution in [-0.2, 0) is 14.9 Å². The van der Waals surface area contributed by atoms with Gasteiger partial charge in [-0.25, -0.2) is 9.97 Å². The van der Waals surface area contributed by atoms with E-state index in [-0.39, 0.29) is 24.2 Å². The zero-order valence-corrected chi connectivity index (χ0v) is 24.6. The minimum Gasteiger partial charge on any atom is -0.389 e. The van der Waals surface area contributed by atoms with Gasteiger partial charge in [0.1, 0.15) is 10.7 Å². The van der Waals surface area contributed by atoms with Gasteiger partial charge < -0.3 is 15.3 Å². The number of aliphatic hydroxyl groups excluding tert-OH is 1. The first kappa shape index (κ1) is 31.5. The number of hydrogen-bond acceptors (Lipinski definition) is 11. The number of aliphatic hydroxyl groups is 1. The van der Waals surface area contributed by atoms with Gasteiger partial charge in [0.25, 0.3) is 16.0 Å². The van der Waals surface area contributed by atoms with E-state index in [1.165, 1.54) is 23.1 Å². The van der Waals surface area contributed by atoms with Crippen molar-refractivity contribution in [2.24, 2.45) is 0 Å². The van der Waals surface area contributed by atoms with Crippen molar-refractivity contribution in [3.05, 3.63) is 41.8 Å². The van der Waals surface area contributed by atoms with Crippen molar-refractivity contribution in [3.8, 4) is 0 Å². The van der Waals surface area contributed by atoms with E-state index < -0.39 is 27.9 Å². The fraction of sp³-hybridized carbons (Fsp3) is 0.542. The van der Waals surface area contributed by atoms with Crippen LogP contribution in [0.25, 0.3) is 0 Å². The zero-order chi connectivity index (χ0) is 28.1. The number of thioether (sulfide) groups is 2. The second-order valence-corrected chi connectivity index (χ2v) is 13.7. The minimum absolute atomic E-state index is 0.0448. The third kappa shape index (κ3) is 11.9. The summed E-state index contributed by atoms with van der Waals surface area (Å²) in [6.07, 6.45) is 13.1. The second-order valence-electron chi connectivity index (χ2n) is 8.78. The molecule has 0 spiro atoms. The van der Waals surface area contributed by atoms with Crippen LogP contribution in [0.2, 0.25) is 0 Å². The molecule has 11 nitrogen and oxygen atoms in total. The summed E-state index contributed by atoms with van der Waals surface area (Å²) in [5, 5.41) is 15.3. The second kappa shape index (κ2) is 16.3. The normalized spacial score (nSPS) is 16.7. The number of aromatic nitrogens is 3. The average Bonchev–Trinajstić information content (AvgIpc) is 3.51. The van der Waals surface area contributed by atoms with Crippen molar-refractivity contribution in [2.45, 2.75) is 60.0 Å². The van der Waals surface area contributed by atoms with Gasteiger partial charge in [0.2, 0.25) is 5.91 Å². The lowest BCUT2D eigenvalue weighted by molar-refractivity contribution is -0.128. The van der Waals surface area contributed by atoms with Crippen molar-refractivity contribution < 1.29 is 27.7 Å². The Morgan fingerprint density at radius 2 is 2.10 bits per heavy atom. The van der Waals surface area contributed by atoms with Crippen LogP contribution in [0.15, 0.2) is 45.5 Å². The molecule has 39 heavy (non-hydrogen) atoms. The van der Waals surface area contributed by atoms with Crippen LogP contribution >= 0.6 is 34.9 Å². The van der Waals surface area contributed by atoms with E-state index in [2.05, 4.69) is 20.3 Å². The molecule has 1 saturated heterocycles. The Morgan fingerprint density at radius 1 is 1.26 bits per heavy atom. The first-order chi connectivity index (χ1) is 18.7. The molecule has 0 aliphatic carbocycles. The topological polar surface area (TPSA) is 163 Å². The van der Waals surface area contributed by atoms with Crippen molar-refractivity contribution >= 4 is 56.8 Å². The highest BCUT2D eigenvalue weighted by molar-refractivity contribution is 8.01. The number of nitrogens with zero attached hydrogens (tertiary/aromatic N) is 4. The molecule has 214 valence electrons. The molecule has 2 amide bonds. The Morgan fingerprint density at radius 3 is 2.87 bits per heavy atom. The van der Waals surface area contributed by atoms with Gasteiger partial charge in [-0.2, -0.15) is 8.42 Å². The number of rotatable bonds is 17. The predicted octanol–water partition coefficient (Wildman–Crippen LogP) is 2.90. The van der Waals surface area contributed by atoms with Crippen molar-refractivity contribution in [2.75, 3.05) is 30.3 Å². The summed E-state index contributed by atoms with van der Waals surface area (Å²) in [5.41, 5.74) is 0.175. The highest BCUT2D eigenvalue weighted by Crippen LogP contribution is 2.25. The quantitative estimate of drug-likeness (QED) is 0.104. The van der Waals surface area contributed by atoms with Crippen LogP contribution < -0.4 is 5.32 Å². The van der Waals surface area contributed by atoms with E-state index in [0.29, 0.717) is 29.5 Å². The SMILES string of the molecule is O=C(NCCS(=O)(=O)O)c1csc(SCCN2C(=O)CC[C@@H]2/C=C/[C@@H](O)CCCCCSc2cnccn2)n1. The molecule has 2 atom stereocenters. The fourth-order valence-corrected chi connectivity index (χ4v) is 6.82. The Labute approximate surface area is 241 Å². The lowest BCUT2D eigenvalue weighted by atomic mass is 10.1. The van der Waals surface area contributed by atoms with Crippen LogP contribution in [0, 0.1) is 0 Å². The van der Waals surface area contributed by atoms with Gasteiger partial charge in [-0.3, -0.25) is 19.1 Å². The average molecular weight is 616 g/mol. The van der Waals surface area contributed by atoms with E-state index in [1.807, 2.05) is 11.0 Å². The fourth-order valence-electron chi connectivity index (χ4n) is 3.81. The molecule has 3 N–H and O–H groups in total. The maximum Gasteiger partial charge on any atom is 0.270 e. The standard InChI is InChI=1S/C24H33N5O6S4/c30-19(4-2-1-3-13-36-21-16-25-9-10-26-21)7-5-18-6-8-22(31)29(18)12-14-37-24-28-20(17-38-24)23(32)27-11-15-39(33,34)35/h5,7,9-10,16-19,30H,1-4,6,8,11-15H2,(H,27,32)(H,33,34,35)/b7-5+/t18-,19-/m0/s1. The lowest BCUT2D eigenvalue weighted by Gasteiger charge is -2.22. The first-order valence-electron chi connectivity index (χ1n) is 12.6. The molecule has 0 radical (unpaired) electrons. The van der Waals surface area contributed by atoms with Crippen molar-refractivity contribution in [3.63, 3.8) is 0 Å². The molecule has 0 saturated carbocycles. The number of amides is 2. The van der Waals surface area contributed by atoms with E-state index in [1.54, 1.807) is 41.8 Å². The highest BCUT2D eigenvalue weighted by Gasteiger charge is 2.28. The van der Waals surface area contributed by atoms with Crippen molar-refractivity contribution in [1.29, 1.82) is 0 Å². The van der Waals surface area contributed by atoms with Gasteiger partial charge in [0.15, 0.2) is 4.34 Å². The summed E-state index contributed by atoms with van der Waals surface area (Å²) in [6, 6.07) is -0.0448. The minimum atomic E-state index is -4.14. The van der Waals surface area contributed by atoms with E-state index in [9.17, 15) is 23.1 Å². The molecule has 3 heterocycles. The third-order valence-corrected chi connectivity index (χ3v) is 9.50. The van der Waals surface area contributed by atoms with E-state index >= 15 is 0 Å². The predicted molar refractivity (Wildman–Crippen MR) is 153 cm³/mol. The summed E-state index contributed by atoms with van der Waals surface area (Å²) in [5.74, 6) is 0.572. The molecular weight excluding hydrogens is 583 g/mol. The molecular formula is C24H33N5O6S4. The summed E-state index contributed by atoms with van der Waals surface area (Å²) < 4.78 is 30.9. The molecule has 2 aromatic rings. The van der Waals surface area contributed by atoms with Crippen molar-refractivity contribution in [1.82, 2.24) is 25.2 Å². The van der Waals surface area contributed by atoms with Gasteiger partial charge in [0, 0.05) is 43.0 Å². The molecule has 1 fully saturated rings. The first-order valence-corrected chi connectivity index (χ1v) is 17.0. The highest BCUT2D eigenvalue weighted by atomic mass is 32.2. The number of nitrogens with one attached hydrogen (secondary N) is 1. The maximum absolute atomic E-state index is 12.4. The molecule has 0 unspecified atom stereocenters. The molecule has 15 heteroatoms. The van der Waals surface area contributed by atoms with Gasteiger partial charge >= 0.3 is 0 Å². The molecule has 2 aromatic heterocycles. The number of likely N-dealkylation sites (tertiary alicyclic amines) is 1. The summed E-state index contributed by atoms with van der Waals surface area (Å²) in [6.45, 7) is 0.315. The Bertz CT molecular complexity index is 1190. The summed E-state index contributed by atoms with van der Waals surface area (Å²) in [4.78, 5) is 38.8. The van der Waals surface area contributed by atoms with Gasteiger partial charge in [-0.15, -0.1) is 23.1 Å². The molecule has 1 aliphatic rings. The number of carbonyl (C=O) groups is 2. The summed E-state index contributed by atoms with van der Waals surface area (Å²) in [7, 11) is -4.14. The largest absolute Gasteiger partial charge is 0.389 e. The van der Waals surface area contributed by atoms with Crippen LogP contribution in [0.5, 0.6) is 0 Å². The Hall–Kier alpha value is -2.04. The Balaban J connectivity index is 1.33. The van der Waals surface area contributed by atoms with Gasteiger partial charge in [0.05, 0.1) is 24.1 Å². The smallest absolute Gasteiger partial charge is 0.270 e. The number of hydrogen-bond donors (Lipinski definition) is 3. The van der Waals surface area contributed by atoms with E-state index in [0.717, 1.165) is 36.5 Å². The lowest BCUT2D eigenvalue weighted by Crippen LogP contribution is -2.33. The number of carbonyl (C=O) groups excluding carboxylic acids is 2. The molecule has 3 rings (SSSR count). The number of unbranched alkanes of at least 4 members (excludes halogenated alkanes) is 2. The van der Waals surface area contributed by atoms with E-state index in [4.69, 9.17) is 4.55 Å². The molecule has 0 bridgehead atoms. The van der Waals surface area contributed by atoms with Gasteiger partial charge in [-0.05, 0) is 25.0 Å². The van der Waals surface area contributed by atoms with Crippen LogP contribution in [0.4, 0.5) is 0 Å². The maximum atomic E-state index is 12.4. The monoisotopic (exact) mass is 615 g/mol. The Kier molecular flexibility index (Phi) is 13.1. The van der Waals surface area contributed by atoms with Crippen LogP contribution in [-0.4, -0.2) is 92.2 Å². The molecule has 1 aliphatic heterocycles.